The summed E-state index contributed by atoms with van der Waals surface area (Å²) in [6.45, 7) is 26.5. The van der Waals surface area contributed by atoms with E-state index in [4.69, 9.17) is 75.6 Å². The number of thioether (sulfide) groups is 1. The Morgan fingerprint density at radius 2 is 1.34 bits per heavy atom. The zero-order valence-corrected chi connectivity index (χ0v) is 81.1. The molecule has 1 aliphatic heterocycles. The molecule has 34 heteroatoms. The monoisotopic (exact) mass is 1820 g/mol. The summed E-state index contributed by atoms with van der Waals surface area (Å²) in [6, 6.07) is 53.0. The summed E-state index contributed by atoms with van der Waals surface area (Å²) in [4.78, 5) is 52.0. The van der Waals surface area contributed by atoms with Crippen LogP contribution in [-0.2, 0) is 31.9 Å². The van der Waals surface area contributed by atoms with Gasteiger partial charge in [-0.15, -0.1) is 4.99 Å². The van der Waals surface area contributed by atoms with E-state index in [1.807, 2.05) is 119 Å². The molecule has 11 N–H and O–H groups in total. The molecule has 30 nitrogen and oxygen atoms in total. The number of aliphatic hydroxyl groups is 2. The maximum atomic E-state index is 11.8. The number of aliphatic hydroxyl groups excluding tert-OH is 2. The number of halogens is 1. The summed E-state index contributed by atoms with van der Waals surface area (Å²) in [5.74, 6) is 4.67. The molecule has 702 valence electrons. The summed E-state index contributed by atoms with van der Waals surface area (Å²) >= 11 is 7.88. The molecule has 1 aliphatic rings. The quantitative estimate of drug-likeness (QED) is 0.00422. The molecule has 7 aromatic carbocycles. The van der Waals surface area contributed by atoms with Gasteiger partial charge in [-0.2, -0.15) is 22.3 Å². The Bertz CT molecular complexity index is 4530. The minimum Gasteiger partial charge on any atom is -0.652 e. The molecule has 0 aliphatic carbocycles. The van der Waals surface area contributed by atoms with E-state index in [1.54, 1.807) is 85.0 Å². The second-order valence-corrected chi connectivity index (χ2v) is 31.9. The van der Waals surface area contributed by atoms with Crippen molar-refractivity contribution in [2.24, 2.45) is 10.9 Å². The van der Waals surface area contributed by atoms with Gasteiger partial charge in [0.05, 0.1) is 95.5 Å². The molecule has 0 spiro atoms. The summed E-state index contributed by atoms with van der Waals surface area (Å²) in [5, 5.41) is 90.5. The second kappa shape index (κ2) is 69.2. The SMILES string of the molecule is CCCCNc1ccc(C(=O)OCCN(C)C)cc1.CCCNC(C)C(=O)Nc1ccccc1C.CN/C(=N/C#N)NCCSCc1nc[nH]c1C.CNC[C@H](O)c1ccc(O)c(O)c1.COc1ccc(CCN(C)CCCC(C#N)(c2ccc(OC)c(OC)c2)C(C)C)cc1OC.O=C([O-])[O-].OCCOCCN1CCN(C(c2ccccc2)c2ccc(Cl)cc2)CC1.[Li+].[Li+]. The van der Waals surface area contributed by atoms with Gasteiger partial charge in [0, 0.05) is 106 Å². The van der Waals surface area contributed by atoms with Crippen LogP contribution >= 0.6 is 23.4 Å². The van der Waals surface area contributed by atoms with Gasteiger partial charge in [0.25, 0.3) is 0 Å². The van der Waals surface area contributed by atoms with Gasteiger partial charge in [0.1, 0.15) is 6.61 Å². The number of H-pyrrole nitrogens is 1. The first-order valence-corrected chi connectivity index (χ1v) is 44.5. The van der Waals surface area contributed by atoms with Gasteiger partial charge in [-0.25, -0.2) is 9.78 Å². The molecule has 3 unspecified atom stereocenters. The molecule has 4 atom stereocenters. The van der Waals surface area contributed by atoms with Crippen LogP contribution in [0.4, 0.5) is 16.2 Å². The van der Waals surface area contributed by atoms with Crippen LogP contribution in [0.5, 0.6) is 34.5 Å². The summed E-state index contributed by atoms with van der Waals surface area (Å²) < 4.78 is 32.2. The summed E-state index contributed by atoms with van der Waals surface area (Å²) in [7, 11) is 16.0. The number of esters is 1. The third-order valence-corrected chi connectivity index (χ3v) is 21.6. The fourth-order valence-corrected chi connectivity index (χ4v) is 13.9. The number of carboxylic acid groups (broad SMARTS) is 2. The number of aromatic hydroxyl groups is 2. The number of rotatable bonds is 42. The molecule has 1 amide bonds. The number of ether oxygens (including phenoxy) is 6. The normalized spacial score (nSPS) is 12.7. The minimum absolute atomic E-state index is 0. The average Bonchev–Trinajstić information content (AvgIpc) is 0.896. The molecule has 0 bridgehead atoms. The fourth-order valence-electron chi connectivity index (χ4n) is 12.9. The number of likely N-dealkylation sites (N-methyl/N-ethyl adjacent to an activating group) is 3. The topological polar surface area (TPSA) is 407 Å². The Morgan fingerprint density at radius 1 is 0.715 bits per heavy atom. The minimum atomic E-state index is -2.33. The van der Waals surface area contributed by atoms with E-state index in [1.165, 1.54) is 35.2 Å². The van der Waals surface area contributed by atoms with Crippen molar-refractivity contribution in [3.63, 3.8) is 0 Å². The molecule has 0 radical (unpaired) electrons. The molecule has 130 heavy (non-hydrogen) atoms. The van der Waals surface area contributed by atoms with E-state index >= 15 is 0 Å². The van der Waals surface area contributed by atoms with Gasteiger partial charge < -0.3 is 111 Å². The number of nitrogens with zero attached hydrogens (tertiary/aromatic N) is 8. The zero-order chi connectivity index (χ0) is 94.6. The van der Waals surface area contributed by atoms with Crippen molar-refractivity contribution in [1.29, 1.82) is 10.5 Å². The number of benzene rings is 7. The zero-order valence-electron chi connectivity index (χ0n) is 79.5. The molecule has 0 saturated carbocycles. The van der Waals surface area contributed by atoms with E-state index in [0.29, 0.717) is 55.0 Å². The Hall–Kier alpha value is -9.72. The van der Waals surface area contributed by atoms with Gasteiger partial charge in [-0.1, -0.05) is 125 Å². The standard InChI is InChI=1S/C27H38N2O4.C21H27ClN2O2.C15H24N2O2.C13H20N2O.C10H16N6S.C9H13NO3.CH2O3.2Li/c1-20(2)27(19-28,22-10-12-24(31-5)26(18-22)33-7)14-8-15-29(3)16-13-21-9-11-23(30-4)25(17-21)32-6;22-20-8-6-19(7-9-20)21(18-4-2-1-3-5-18)24-12-10-23(11-13-24)14-16-26-17-15-25;1-4-5-10-16-14-8-6-13(7-9-14)15(18)19-12-11-17(2)3;1-4-9-14-11(3)13(16)15-12-8-6-5-7-10(12)2;1-8-9(16-7-15-8)5-17-4-3-13-10(12-2)14-6-11;1-10-5-9(13)6-2-3-7(11)8(12)4-6;2-1(3)4;;/h9-12,17-18,20H,8,13-16H2,1-7H3;1-9,21,25H,10-17H2;6-9,16H,4-5,10-12H2,1-3H3;5-8,11,14H,4,9H2,1-3H3,(H,15,16);7H,3-5H2,1-2H3,(H,15,16)(H2,12,13,14);2-4,9-13H,5H2,1H3;(H2,2,3,4);;/q;;;;;;;2*+1/p-2/t;;;;;9-;;;/m.....0.../s1. The number of aliphatic imine (C=N–C) groups is 1. The van der Waals surface area contributed by atoms with Gasteiger partial charge in [-0.3, -0.25) is 14.6 Å². The number of methoxy groups -OCH3 is 4. The number of aryl methyl sites for hydroxylation is 2. The van der Waals surface area contributed by atoms with Crippen LogP contribution in [0.3, 0.4) is 0 Å². The van der Waals surface area contributed by atoms with Crippen molar-refractivity contribution in [3.8, 4) is 46.8 Å². The summed E-state index contributed by atoms with van der Waals surface area (Å²) in [6.07, 6.45) is 6.40. The van der Waals surface area contributed by atoms with Crippen LogP contribution < -0.4 is 98.8 Å². The maximum absolute atomic E-state index is 11.8. The molecule has 8 aromatic rings. The van der Waals surface area contributed by atoms with Gasteiger partial charge >= 0.3 is 43.7 Å². The number of imidazole rings is 1. The molecule has 2 heterocycles. The van der Waals surface area contributed by atoms with E-state index < -0.39 is 17.7 Å². The number of carbonyl (C=O) groups excluding carboxylic acids is 3. The molecule has 1 fully saturated rings. The van der Waals surface area contributed by atoms with Gasteiger partial charge in [0.15, 0.2) is 34.5 Å². The van der Waals surface area contributed by atoms with E-state index in [2.05, 4.69) is 151 Å². The number of phenols is 2. The number of amides is 1. The number of guanidine groups is 1. The maximum Gasteiger partial charge on any atom is 1.00 e. The predicted molar refractivity (Wildman–Crippen MR) is 507 cm³/mol. The predicted octanol–water partition coefficient (Wildman–Crippen LogP) is 5.60. The largest absolute Gasteiger partial charge is 1.00 e. The molecule has 9 rings (SSSR count). The van der Waals surface area contributed by atoms with Crippen LogP contribution in [0.1, 0.15) is 134 Å². The average molecular weight is 1820 g/mol. The van der Waals surface area contributed by atoms with Gasteiger partial charge in [-0.05, 0) is 218 Å². The van der Waals surface area contributed by atoms with Crippen molar-refractivity contribution in [2.75, 3.05) is 185 Å². The third kappa shape index (κ3) is 45.9. The molecule has 1 saturated heterocycles. The van der Waals surface area contributed by atoms with E-state index in [-0.39, 0.29) is 85.7 Å². The molecule has 1 aromatic heterocycles. The van der Waals surface area contributed by atoms with Crippen LogP contribution in [0.2, 0.25) is 5.02 Å². The number of anilines is 2. The smallest absolute Gasteiger partial charge is 0.652 e. The third-order valence-electron chi connectivity index (χ3n) is 20.4. The van der Waals surface area contributed by atoms with Crippen molar-refractivity contribution >= 4 is 58.7 Å². The first kappa shape index (κ1) is 118. The number of hydrogen-bond acceptors (Lipinski definition) is 27. The first-order chi connectivity index (χ1) is 61.5. The van der Waals surface area contributed by atoms with Crippen molar-refractivity contribution in [3.05, 3.63) is 219 Å². The Morgan fingerprint density at radius 3 is 1.90 bits per heavy atom. The number of hydrogen-bond donors (Lipinski definition) is 11. The number of phenolic OH excluding ortho intramolecular Hbond substituents is 2. The number of carbonyl (C=O) groups is 3. The number of piperazine rings is 1. The number of nitriles is 2. The van der Waals surface area contributed by atoms with E-state index in [9.17, 15) is 20.0 Å². The van der Waals surface area contributed by atoms with Crippen LogP contribution in [-0.4, -0.2) is 254 Å². The first-order valence-electron chi connectivity index (χ1n) is 43.0. The number of para-hydroxylation sites is 1. The van der Waals surface area contributed by atoms with Crippen molar-refractivity contribution < 1.29 is 111 Å². The fraction of sp³-hybridized carbons (Fsp3) is 0.469. The van der Waals surface area contributed by atoms with Crippen LogP contribution in [0.15, 0.2) is 169 Å². The van der Waals surface area contributed by atoms with Crippen LogP contribution in [0, 0.1) is 42.6 Å². The molecular weight excluding hydrogens is 1680 g/mol. The Balaban J connectivity index is 0.000000791. The number of aromatic nitrogens is 2. The Kier molecular flexibility index (Phi) is 63.0. The van der Waals surface area contributed by atoms with Gasteiger partial charge in [0.2, 0.25) is 18.1 Å². The van der Waals surface area contributed by atoms with Crippen molar-refractivity contribution in [2.45, 2.75) is 116 Å². The Labute approximate surface area is 804 Å². The number of unbranched alkanes of at least 4 members (excludes halogenated alkanes) is 1. The summed E-state index contributed by atoms with van der Waals surface area (Å²) in [5.41, 5.74) is 10.6. The van der Waals surface area contributed by atoms with Crippen LogP contribution in [0.25, 0.3) is 0 Å². The number of aromatic amines is 1. The molecular formula is C96H138ClLi2N15O15S. The number of nitrogens with one attached hydrogen (secondary N) is 7. The van der Waals surface area contributed by atoms with Crippen molar-refractivity contribution in [1.82, 2.24) is 50.8 Å². The second-order valence-electron chi connectivity index (χ2n) is 30.3. The van der Waals surface area contributed by atoms with E-state index in [0.717, 1.165) is 166 Å².